The average Bonchev–Trinajstić information content (AvgIpc) is 3.13. The van der Waals surface area contributed by atoms with Crippen molar-refractivity contribution in [1.82, 2.24) is 14.9 Å². The standard InChI is InChI=1S/C23H20F5N3O/c24-22(25)8-11-31(14-22)20(16-5-2-9-29-13-16)21(32)18-7-3-10-30-19(18)15-4-1-6-17(12-15)23(26,27)28/h1-7,9-10,12-13,20-21,32H,8,11,14H2. The summed E-state index contributed by atoms with van der Waals surface area (Å²) in [4.78, 5) is 9.73. The van der Waals surface area contributed by atoms with Gasteiger partial charge in [-0.3, -0.25) is 14.9 Å². The van der Waals surface area contributed by atoms with Gasteiger partial charge in [0.05, 0.1) is 23.8 Å². The van der Waals surface area contributed by atoms with E-state index in [1.807, 2.05) is 0 Å². The molecule has 1 aromatic carbocycles. The highest BCUT2D eigenvalue weighted by molar-refractivity contribution is 5.64. The number of alkyl halides is 5. The molecule has 1 aliphatic rings. The van der Waals surface area contributed by atoms with Gasteiger partial charge in [0.1, 0.15) is 6.10 Å². The van der Waals surface area contributed by atoms with Crippen molar-refractivity contribution in [1.29, 1.82) is 0 Å². The van der Waals surface area contributed by atoms with Crippen molar-refractivity contribution in [3.8, 4) is 11.3 Å². The maximum absolute atomic E-state index is 14.0. The molecule has 32 heavy (non-hydrogen) atoms. The Labute approximate surface area is 181 Å². The SMILES string of the molecule is OC(c1cccnc1-c1cccc(C(F)(F)F)c1)C(c1cccnc1)N1CCC(F)(F)C1. The van der Waals surface area contributed by atoms with Gasteiger partial charge in [0.2, 0.25) is 0 Å². The molecule has 1 saturated heterocycles. The molecule has 0 aliphatic carbocycles. The quantitative estimate of drug-likeness (QED) is 0.539. The lowest BCUT2D eigenvalue weighted by atomic mass is 9.92. The van der Waals surface area contributed by atoms with Crippen molar-refractivity contribution in [3.63, 3.8) is 0 Å². The molecule has 1 fully saturated rings. The Morgan fingerprint density at radius 2 is 1.81 bits per heavy atom. The Morgan fingerprint density at radius 3 is 2.47 bits per heavy atom. The molecule has 0 amide bonds. The third kappa shape index (κ3) is 4.63. The number of aliphatic hydroxyl groups is 1. The summed E-state index contributed by atoms with van der Waals surface area (Å²) < 4.78 is 67.6. The summed E-state index contributed by atoms with van der Waals surface area (Å²) >= 11 is 0. The van der Waals surface area contributed by atoms with Crippen LogP contribution < -0.4 is 0 Å². The molecule has 1 aliphatic heterocycles. The van der Waals surface area contributed by atoms with Crippen molar-refractivity contribution in [2.24, 2.45) is 0 Å². The zero-order valence-electron chi connectivity index (χ0n) is 16.8. The van der Waals surface area contributed by atoms with Crippen LogP contribution in [-0.2, 0) is 6.18 Å². The molecular weight excluding hydrogens is 429 g/mol. The van der Waals surface area contributed by atoms with Crippen LogP contribution in [0.2, 0.25) is 0 Å². The molecule has 3 heterocycles. The molecule has 1 N–H and O–H groups in total. The second-order valence-electron chi connectivity index (χ2n) is 7.77. The maximum Gasteiger partial charge on any atom is 0.416 e. The van der Waals surface area contributed by atoms with Crippen molar-refractivity contribution in [3.05, 3.63) is 83.8 Å². The molecular formula is C23H20F5N3O. The number of aliphatic hydroxyl groups excluding tert-OH is 1. The highest BCUT2D eigenvalue weighted by atomic mass is 19.4. The normalized spacial score (nSPS) is 18.4. The predicted molar refractivity (Wildman–Crippen MR) is 108 cm³/mol. The monoisotopic (exact) mass is 449 g/mol. The van der Waals surface area contributed by atoms with E-state index in [1.54, 1.807) is 24.3 Å². The summed E-state index contributed by atoms with van der Waals surface area (Å²) in [5, 5.41) is 11.4. The molecule has 4 nitrogen and oxygen atoms in total. The van der Waals surface area contributed by atoms with E-state index in [4.69, 9.17) is 0 Å². The van der Waals surface area contributed by atoms with Crippen LogP contribution >= 0.6 is 0 Å². The summed E-state index contributed by atoms with van der Waals surface area (Å²) in [5.74, 6) is -2.89. The number of rotatable bonds is 5. The fourth-order valence-corrected chi connectivity index (χ4v) is 4.05. The van der Waals surface area contributed by atoms with Crippen molar-refractivity contribution in [2.45, 2.75) is 30.7 Å². The number of likely N-dealkylation sites (tertiary alicyclic amines) is 1. The van der Waals surface area contributed by atoms with Crippen LogP contribution in [-0.4, -0.2) is 39.0 Å². The molecule has 0 bridgehead atoms. The fourth-order valence-electron chi connectivity index (χ4n) is 4.05. The van der Waals surface area contributed by atoms with Gasteiger partial charge in [-0.15, -0.1) is 0 Å². The minimum Gasteiger partial charge on any atom is -0.386 e. The van der Waals surface area contributed by atoms with Crippen molar-refractivity contribution >= 4 is 0 Å². The lowest BCUT2D eigenvalue weighted by Gasteiger charge is -2.32. The number of aromatic nitrogens is 2. The molecule has 168 valence electrons. The molecule has 0 saturated carbocycles. The van der Waals surface area contributed by atoms with Gasteiger partial charge >= 0.3 is 6.18 Å². The number of hydrogen-bond acceptors (Lipinski definition) is 4. The largest absolute Gasteiger partial charge is 0.416 e. The van der Waals surface area contributed by atoms with E-state index in [-0.39, 0.29) is 29.8 Å². The predicted octanol–water partition coefficient (Wildman–Crippen LogP) is 5.28. The van der Waals surface area contributed by atoms with E-state index in [9.17, 15) is 27.1 Å². The summed E-state index contributed by atoms with van der Waals surface area (Å²) in [7, 11) is 0. The first-order valence-corrected chi connectivity index (χ1v) is 9.98. The molecule has 4 rings (SSSR count). The van der Waals surface area contributed by atoms with Gasteiger partial charge in [-0.2, -0.15) is 13.2 Å². The lowest BCUT2D eigenvalue weighted by molar-refractivity contribution is -0.137. The molecule has 0 radical (unpaired) electrons. The van der Waals surface area contributed by atoms with Crippen LogP contribution in [0.15, 0.2) is 67.1 Å². The van der Waals surface area contributed by atoms with Crippen LogP contribution in [0.1, 0.15) is 35.3 Å². The van der Waals surface area contributed by atoms with E-state index in [2.05, 4.69) is 9.97 Å². The highest BCUT2D eigenvalue weighted by Crippen LogP contribution is 2.42. The molecule has 0 spiro atoms. The molecule has 2 aromatic heterocycles. The van der Waals surface area contributed by atoms with E-state index in [0.29, 0.717) is 5.56 Å². The third-order valence-corrected chi connectivity index (χ3v) is 5.54. The van der Waals surface area contributed by atoms with Crippen LogP contribution in [0.5, 0.6) is 0 Å². The molecule has 2 unspecified atom stereocenters. The number of benzene rings is 1. The zero-order chi connectivity index (χ0) is 22.9. The van der Waals surface area contributed by atoms with Gasteiger partial charge in [-0.25, -0.2) is 8.78 Å². The minimum absolute atomic E-state index is 0.0583. The smallest absolute Gasteiger partial charge is 0.386 e. The molecule has 2 atom stereocenters. The first kappa shape index (κ1) is 22.3. The van der Waals surface area contributed by atoms with Crippen LogP contribution in [0.3, 0.4) is 0 Å². The Hall–Kier alpha value is -2.91. The number of nitrogens with zero attached hydrogens (tertiary/aromatic N) is 3. The first-order chi connectivity index (χ1) is 15.2. The Balaban J connectivity index is 1.77. The fraction of sp³-hybridized carbons (Fsp3) is 0.304. The first-order valence-electron chi connectivity index (χ1n) is 9.98. The maximum atomic E-state index is 14.0. The summed E-state index contributed by atoms with van der Waals surface area (Å²) in [6.45, 7) is -0.481. The number of hydrogen-bond donors (Lipinski definition) is 1. The molecule has 9 heteroatoms. The van der Waals surface area contributed by atoms with E-state index in [1.165, 1.54) is 35.6 Å². The van der Waals surface area contributed by atoms with Gasteiger partial charge in [0.25, 0.3) is 5.92 Å². The Morgan fingerprint density at radius 1 is 1.03 bits per heavy atom. The summed E-state index contributed by atoms with van der Waals surface area (Å²) in [6.07, 6.45) is -1.78. The van der Waals surface area contributed by atoms with Gasteiger partial charge < -0.3 is 5.11 Å². The van der Waals surface area contributed by atoms with E-state index in [0.717, 1.165) is 12.1 Å². The zero-order valence-corrected chi connectivity index (χ0v) is 16.8. The van der Waals surface area contributed by atoms with E-state index < -0.39 is 36.4 Å². The van der Waals surface area contributed by atoms with Gasteiger partial charge in [-0.05, 0) is 29.8 Å². The second-order valence-corrected chi connectivity index (χ2v) is 7.77. The number of pyridine rings is 2. The average molecular weight is 449 g/mol. The second kappa shape index (κ2) is 8.55. The van der Waals surface area contributed by atoms with Gasteiger partial charge in [0, 0.05) is 42.7 Å². The summed E-state index contributed by atoms with van der Waals surface area (Å²) in [5.41, 5.74) is 0.258. The molecule has 3 aromatic rings. The highest BCUT2D eigenvalue weighted by Gasteiger charge is 2.44. The topological polar surface area (TPSA) is 49.3 Å². The van der Waals surface area contributed by atoms with Crippen LogP contribution in [0.4, 0.5) is 22.0 Å². The van der Waals surface area contributed by atoms with Crippen LogP contribution in [0, 0.1) is 0 Å². The Kier molecular flexibility index (Phi) is 5.96. The summed E-state index contributed by atoms with van der Waals surface area (Å²) in [6, 6.07) is 10.2. The minimum atomic E-state index is -4.54. The third-order valence-electron chi connectivity index (χ3n) is 5.54. The van der Waals surface area contributed by atoms with E-state index >= 15 is 0 Å². The van der Waals surface area contributed by atoms with Gasteiger partial charge in [-0.1, -0.05) is 24.3 Å². The van der Waals surface area contributed by atoms with Crippen molar-refractivity contribution < 1.29 is 27.1 Å². The van der Waals surface area contributed by atoms with Gasteiger partial charge in [0.15, 0.2) is 0 Å². The lowest BCUT2D eigenvalue weighted by Crippen LogP contribution is -2.33. The number of halogens is 5. The van der Waals surface area contributed by atoms with Crippen LogP contribution in [0.25, 0.3) is 11.3 Å². The Bertz CT molecular complexity index is 1070. The van der Waals surface area contributed by atoms with Crippen molar-refractivity contribution in [2.75, 3.05) is 13.1 Å².